The van der Waals surface area contributed by atoms with Crippen LogP contribution in [0.4, 0.5) is 0 Å². The van der Waals surface area contributed by atoms with Gasteiger partial charge >= 0.3 is 0 Å². The third-order valence-corrected chi connectivity index (χ3v) is 5.32. The number of carbonyl (C=O) groups is 1. The Kier molecular flexibility index (Phi) is 5.46. The molecule has 0 aliphatic heterocycles. The Morgan fingerprint density at radius 2 is 2.35 bits per heavy atom. The monoisotopic (exact) mass is 333 g/mol. The van der Waals surface area contributed by atoms with Gasteiger partial charge in [0.05, 0.1) is 5.69 Å². The summed E-state index contributed by atoms with van der Waals surface area (Å²) in [6.45, 7) is 0.508. The SMILES string of the molecule is COC(CNC(=O)CCc1n[nH]c2c1CCCC2)c1cccs1. The fourth-order valence-corrected chi connectivity index (χ4v) is 3.86. The minimum absolute atomic E-state index is 0.0520. The Bertz CT molecular complexity index is 636. The lowest BCUT2D eigenvalue weighted by molar-refractivity contribution is -0.121. The van der Waals surface area contributed by atoms with E-state index in [0.717, 1.165) is 23.4 Å². The first kappa shape index (κ1) is 16.2. The van der Waals surface area contributed by atoms with Gasteiger partial charge in [0.15, 0.2) is 0 Å². The van der Waals surface area contributed by atoms with Gasteiger partial charge in [0, 0.05) is 37.1 Å². The van der Waals surface area contributed by atoms with Crippen LogP contribution in [0.3, 0.4) is 0 Å². The van der Waals surface area contributed by atoms with E-state index in [4.69, 9.17) is 4.74 Å². The van der Waals surface area contributed by atoms with Gasteiger partial charge in [-0.15, -0.1) is 11.3 Å². The summed E-state index contributed by atoms with van der Waals surface area (Å²) < 4.78 is 5.45. The molecule has 0 bridgehead atoms. The first-order valence-electron chi connectivity index (χ1n) is 8.16. The molecule has 1 aliphatic rings. The van der Waals surface area contributed by atoms with Crippen LogP contribution in [0.25, 0.3) is 0 Å². The summed E-state index contributed by atoms with van der Waals surface area (Å²) in [4.78, 5) is 13.2. The van der Waals surface area contributed by atoms with E-state index in [1.165, 1.54) is 24.1 Å². The van der Waals surface area contributed by atoms with E-state index in [9.17, 15) is 4.79 Å². The molecule has 0 fully saturated rings. The number of carbonyl (C=O) groups excluding carboxylic acids is 1. The molecule has 6 heteroatoms. The average molecular weight is 333 g/mol. The molecular weight excluding hydrogens is 310 g/mol. The minimum atomic E-state index is -0.0721. The number of amides is 1. The number of hydrogen-bond acceptors (Lipinski definition) is 4. The summed E-state index contributed by atoms with van der Waals surface area (Å²) >= 11 is 1.64. The van der Waals surface area contributed by atoms with Crippen LogP contribution < -0.4 is 5.32 Å². The number of aromatic amines is 1. The van der Waals surface area contributed by atoms with Crippen LogP contribution in [-0.4, -0.2) is 29.8 Å². The Balaban J connectivity index is 1.47. The van der Waals surface area contributed by atoms with Gasteiger partial charge < -0.3 is 10.1 Å². The molecule has 1 amide bonds. The van der Waals surface area contributed by atoms with Gasteiger partial charge in [-0.3, -0.25) is 9.89 Å². The van der Waals surface area contributed by atoms with Crippen molar-refractivity contribution in [2.45, 2.75) is 44.6 Å². The van der Waals surface area contributed by atoms with Crippen LogP contribution in [0, 0.1) is 0 Å². The van der Waals surface area contributed by atoms with Crippen molar-refractivity contribution in [1.29, 1.82) is 0 Å². The average Bonchev–Trinajstić information content (AvgIpc) is 3.23. The van der Waals surface area contributed by atoms with Crippen molar-refractivity contribution in [3.63, 3.8) is 0 Å². The summed E-state index contributed by atoms with van der Waals surface area (Å²) in [6.07, 6.45) is 5.74. The van der Waals surface area contributed by atoms with Crippen molar-refractivity contribution in [2.24, 2.45) is 0 Å². The van der Waals surface area contributed by atoms with Gasteiger partial charge in [-0.1, -0.05) is 6.07 Å². The second kappa shape index (κ2) is 7.75. The predicted molar refractivity (Wildman–Crippen MR) is 90.6 cm³/mol. The number of nitrogens with one attached hydrogen (secondary N) is 2. The van der Waals surface area contributed by atoms with Crippen LogP contribution in [0.1, 0.15) is 47.2 Å². The molecule has 3 rings (SSSR count). The van der Waals surface area contributed by atoms with Crippen LogP contribution in [0.2, 0.25) is 0 Å². The quantitative estimate of drug-likeness (QED) is 0.819. The molecule has 2 aromatic heterocycles. The van der Waals surface area contributed by atoms with Gasteiger partial charge in [-0.2, -0.15) is 5.10 Å². The molecule has 1 unspecified atom stereocenters. The summed E-state index contributed by atoms with van der Waals surface area (Å²) in [6, 6.07) is 4.02. The molecule has 124 valence electrons. The smallest absolute Gasteiger partial charge is 0.220 e. The highest BCUT2D eigenvalue weighted by Crippen LogP contribution is 2.23. The van der Waals surface area contributed by atoms with Crippen molar-refractivity contribution in [1.82, 2.24) is 15.5 Å². The van der Waals surface area contributed by atoms with E-state index < -0.39 is 0 Å². The van der Waals surface area contributed by atoms with Crippen molar-refractivity contribution in [3.05, 3.63) is 39.3 Å². The number of fused-ring (bicyclic) bond motifs is 1. The lowest BCUT2D eigenvalue weighted by atomic mass is 9.94. The Hall–Kier alpha value is -1.66. The molecule has 0 saturated carbocycles. The zero-order chi connectivity index (χ0) is 16.1. The zero-order valence-electron chi connectivity index (χ0n) is 13.4. The van der Waals surface area contributed by atoms with Gasteiger partial charge in [0.2, 0.25) is 5.91 Å². The number of methoxy groups -OCH3 is 1. The molecule has 0 saturated heterocycles. The zero-order valence-corrected chi connectivity index (χ0v) is 14.2. The molecule has 0 spiro atoms. The summed E-state index contributed by atoms with van der Waals surface area (Å²) in [7, 11) is 1.67. The predicted octanol–water partition coefficient (Wildman–Crippen LogP) is 2.79. The Labute approximate surface area is 140 Å². The number of hydrogen-bond donors (Lipinski definition) is 2. The first-order chi connectivity index (χ1) is 11.3. The van der Waals surface area contributed by atoms with Crippen molar-refractivity contribution < 1.29 is 9.53 Å². The fourth-order valence-electron chi connectivity index (χ4n) is 3.06. The van der Waals surface area contributed by atoms with E-state index >= 15 is 0 Å². The number of thiophene rings is 1. The Morgan fingerprint density at radius 3 is 3.13 bits per heavy atom. The van der Waals surface area contributed by atoms with Gasteiger partial charge in [0.1, 0.15) is 6.10 Å². The third-order valence-electron chi connectivity index (χ3n) is 4.36. The van der Waals surface area contributed by atoms with Crippen molar-refractivity contribution in [3.8, 4) is 0 Å². The standard InChI is InChI=1S/C17H23N3O2S/c1-22-15(16-7-4-10-23-16)11-18-17(21)9-8-14-12-5-2-3-6-13(12)19-20-14/h4,7,10,15H,2-3,5-6,8-9,11H2,1H3,(H,18,21)(H,19,20). The lowest BCUT2D eigenvalue weighted by Gasteiger charge is -2.14. The third kappa shape index (κ3) is 4.00. The van der Waals surface area contributed by atoms with E-state index in [2.05, 4.69) is 15.5 Å². The van der Waals surface area contributed by atoms with Crippen LogP contribution >= 0.6 is 11.3 Å². The number of aromatic nitrogens is 2. The van der Waals surface area contributed by atoms with Gasteiger partial charge in [-0.05, 0) is 42.7 Å². The number of ether oxygens (including phenoxy) is 1. The normalized spacial score (nSPS) is 15.2. The van der Waals surface area contributed by atoms with E-state index in [0.29, 0.717) is 19.4 Å². The maximum Gasteiger partial charge on any atom is 0.220 e. The second-order valence-electron chi connectivity index (χ2n) is 5.88. The number of rotatable bonds is 7. The lowest BCUT2D eigenvalue weighted by Crippen LogP contribution is -2.29. The second-order valence-corrected chi connectivity index (χ2v) is 6.86. The van der Waals surface area contributed by atoms with Crippen LogP contribution in [-0.2, 0) is 28.8 Å². The summed E-state index contributed by atoms with van der Waals surface area (Å²) in [5, 5.41) is 12.5. The molecule has 1 atom stereocenters. The molecule has 0 aromatic carbocycles. The topological polar surface area (TPSA) is 67.0 Å². The maximum atomic E-state index is 12.1. The molecule has 0 radical (unpaired) electrons. The highest BCUT2D eigenvalue weighted by Gasteiger charge is 2.18. The number of nitrogens with zero attached hydrogens (tertiary/aromatic N) is 1. The van der Waals surface area contributed by atoms with Crippen LogP contribution in [0.15, 0.2) is 17.5 Å². The molecule has 2 N–H and O–H groups in total. The molecular formula is C17H23N3O2S. The Morgan fingerprint density at radius 1 is 1.48 bits per heavy atom. The highest BCUT2D eigenvalue weighted by atomic mass is 32.1. The van der Waals surface area contributed by atoms with Gasteiger partial charge in [-0.25, -0.2) is 0 Å². The molecule has 1 aliphatic carbocycles. The van der Waals surface area contributed by atoms with E-state index in [1.807, 2.05) is 17.5 Å². The fraction of sp³-hybridized carbons (Fsp3) is 0.529. The molecule has 5 nitrogen and oxygen atoms in total. The number of aryl methyl sites for hydroxylation is 2. The van der Waals surface area contributed by atoms with E-state index in [1.54, 1.807) is 18.4 Å². The first-order valence-corrected chi connectivity index (χ1v) is 9.03. The van der Waals surface area contributed by atoms with E-state index in [-0.39, 0.29) is 12.0 Å². The summed E-state index contributed by atoms with van der Waals surface area (Å²) in [5.74, 6) is 0.0520. The highest BCUT2D eigenvalue weighted by molar-refractivity contribution is 7.10. The summed E-state index contributed by atoms with van der Waals surface area (Å²) in [5.41, 5.74) is 3.68. The van der Waals surface area contributed by atoms with Crippen molar-refractivity contribution in [2.75, 3.05) is 13.7 Å². The van der Waals surface area contributed by atoms with Crippen molar-refractivity contribution >= 4 is 17.2 Å². The molecule has 23 heavy (non-hydrogen) atoms. The minimum Gasteiger partial charge on any atom is -0.374 e. The molecule has 2 heterocycles. The number of H-pyrrole nitrogens is 1. The largest absolute Gasteiger partial charge is 0.374 e. The maximum absolute atomic E-state index is 12.1. The molecule has 2 aromatic rings. The van der Waals surface area contributed by atoms with Gasteiger partial charge in [0.25, 0.3) is 0 Å². The van der Waals surface area contributed by atoms with Crippen LogP contribution in [0.5, 0.6) is 0 Å².